The molecule has 0 aliphatic carbocycles. The molecule has 0 aromatic carbocycles. The van der Waals surface area contributed by atoms with Gasteiger partial charge >= 0.3 is 0 Å². The van der Waals surface area contributed by atoms with Crippen molar-refractivity contribution in [2.75, 3.05) is 19.8 Å². The van der Waals surface area contributed by atoms with Gasteiger partial charge in [0.2, 0.25) is 0 Å². The van der Waals surface area contributed by atoms with Gasteiger partial charge < -0.3 is 14.8 Å². The van der Waals surface area contributed by atoms with E-state index in [4.69, 9.17) is 9.47 Å². The molecule has 0 aromatic heterocycles. The molecule has 13 heavy (non-hydrogen) atoms. The first-order valence-electron chi connectivity index (χ1n) is 5.24. The van der Waals surface area contributed by atoms with Crippen molar-refractivity contribution in [1.29, 1.82) is 0 Å². The van der Waals surface area contributed by atoms with Gasteiger partial charge in [-0.05, 0) is 19.9 Å². The molecule has 1 fully saturated rings. The molecule has 0 aromatic rings. The average molecular weight is 187 g/mol. The van der Waals surface area contributed by atoms with Crippen LogP contribution in [0.25, 0.3) is 0 Å². The molecule has 78 valence electrons. The van der Waals surface area contributed by atoms with Crippen LogP contribution in [0.1, 0.15) is 27.2 Å². The summed E-state index contributed by atoms with van der Waals surface area (Å²) in [6.45, 7) is 8.99. The highest BCUT2D eigenvalue weighted by Crippen LogP contribution is 2.12. The zero-order chi connectivity index (χ0) is 9.68. The predicted molar refractivity (Wildman–Crippen MR) is 52.9 cm³/mol. The van der Waals surface area contributed by atoms with Crippen molar-refractivity contribution >= 4 is 0 Å². The summed E-state index contributed by atoms with van der Waals surface area (Å²) in [4.78, 5) is 0. The molecule has 0 bridgehead atoms. The summed E-state index contributed by atoms with van der Waals surface area (Å²) in [6.07, 6.45) is 1.74. The minimum Gasteiger partial charge on any atom is -0.376 e. The molecule has 1 aliphatic heterocycles. The third kappa shape index (κ3) is 3.25. The van der Waals surface area contributed by atoms with E-state index in [1.807, 2.05) is 0 Å². The zero-order valence-electron chi connectivity index (χ0n) is 8.88. The van der Waals surface area contributed by atoms with E-state index in [-0.39, 0.29) is 0 Å². The molecule has 0 spiro atoms. The first-order chi connectivity index (χ1) is 6.27. The first-order valence-corrected chi connectivity index (χ1v) is 5.24. The summed E-state index contributed by atoms with van der Waals surface area (Å²) in [5, 5.41) is 3.42. The smallest absolute Gasteiger partial charge is 0.105 e. The number of likely N-dealkylation sites (N-methyl/N-ethyl adjacent to an activating group) is 1. The number of ether oxygens (including phenoxy) is 2. The van der Waals surface area contributed by atoms with Crippen LogP contribution in [0.5, 0.6) is 0 Å². The van der Waals surface area contributed by atoms with E-state index in [9.17, 15) is 0 Å². The van der Waals surface area contributed by atoms with Gasteiger partial charge in [-0.25, -0.2) is 0 Å². The molecule has 2 unspecified atom stereocenters. The first kappa shape index (κ1) is 11.0. The summed E-state index contributed by atoms with van der Waals surface area (Å²) in [6, 6.07) is 0.477. The molecule has 1 saturated heterocycles. The third-order valence-corrected chi connectivity index (χ3v) is 2.49. The Morgan fingerprint density at radius 3 is 2.54 bits per heavy atom. The fourth-order valence-corrected chi connectivity index (χ4v) is 1.60. The van der Waals surface area contributed by atoms with Gasteiger partial charge in [-0.3, -0.25) is 0 Å². The van der Waals surface area contributed by atoms with E-state index in [2.05, 4.69) is 26.1 Å². The van der Waals surface area contributed by atoms with Crippen molar-refractivity contribution in [3.8, 4) is 0 Å². The Labute approximate surface area is 80.8 Å². The number of hydrogen-bond donors (Lipinski definition) is 1. The average Bonchev–Trinajstić information content (AvgIpc) is 2.07. The maximum absolute atomic E-state index is 5.80. The molecule has 1 aliphatic rings. The van der Waals surface area contributed by atoms with Crippen molar-refractivity contribution in [3.05, 3.63) is 0 Å². The van der Waals surface area contributed by atoms with Crippen LogP contribution in [0.3, 0.4) is 0 Å². The van der Waals surface area contributed by atoms with Gasteiger partial charge in [0.05, 0.1) is 19.3 Å². The second-order valence-electron chi connectivity index (χ2n) is 3.57. The van der Waals surface area contributed by atoms with Gasteiger partial charge in [-0.2, -0.15) is 0 Å². The predicted octanol–water partition coefficient (Wildman–Crippen LogP) is 1.18. The van der Waals surface area contributed by atoms with Crippen molar-refractivity contribution in [1.82, 2.24) is 5.32 Å². The van der Waals surface area contributed by atoms with Crippen LogP contribution in [-0.2, 0) is 9.47 Å². The largest absolute Gasteiger partial charge is 0.376 e. The second kappa shape index (κ2) is 5.58. The normalized spacial score (nSPS) is 22.4. The fraction of sp³-hybridized carbons (Fsp3) is 1.00. The lowest BCUT2D eigenvalue weighted by Crippen LogP contribution is -2.45. The Morgan fingerprint density at radius 2 is 2.15 bits per heavy atom. The molecular formula is C10H21NO2. The van der Waals surface area contributed by atoms with Crippen LogP contribution in [0.2, 0.25) is 0 Å². The van der Waals surface area contributed by atoms with Crippen molar-refractivity contribution < 1.29 is 9.47 Å². The molecule has 3 nitrogen and oxygen atoms in total. The molecule has 3 heteroatoms. The zero-order valence-corrected chi connectivity index (χ0v) is 8.88. The monoisotopic (exact) mass is 187 g/mol. The number of hydrogen-bond acceptors (Lipinski definition) is 3. The molecule has 1 heterocycles. The van der Waals surface area contributed by atoms with Crippen molar-refractivity contribution in [3.63, 3.8) is 0 Å². The lowest BCUT2D eigenvalue weighted by Gasteiger charge is -2.32. The van der Waals surface area contributed by atoms with E-state index in [1.165, 1.54) is 0 Å². The Morgan fingerprint density at radius 1 is 1.46 bits per heavy atom. The van der Waals surface area contributed by atoms with Gasteiger partial charge in [0.1, 0.15) is 6.10 Å². The molecule has 1 N–H and O–H groups in total. The van der Waals surface area contributed by atoms with E-state index >= 15 is 0 Å². The SMILES string of the molecule is CCNC(CC)C(C)OC1COC1. The minimum absolute atomic E-state index is 0.291. The summed E-state index contributed by atoms with van der Waals surface area (Å²) in [5.41, 5.74) is 0. The highest BCUT2D eigenvalue weighted by molar-refractivity contribution is 4.75. The van der Waals surface area contributed by atoms with Crippen LogP contribution in [-0.4, -0.2) is 38.0 Å². The Balaban J connectivity index is 2.20. The van der Waals surface area contributed by atoms with Gasteiger partial charge in [0, 0.05) is 6.04 Å². The lowest BCUT2D eigenvalue weighted by atomic mass is 10.1. The summed E-state index contributed by atoms with van der Waals surface area (Å²) in [7, 11) is 0. The van der Waals surface area contributed by atoms with Gasteiger partial charge in [-0.15, -0.1) is 0 Å². The van der Waals surface area contributed by atoms with Crippen LogP contribution < -0.4 is 5.32 Å². The van der Waals surface area contributed by atoms with E-state index < -0.39 is 0 Å². The Hall–Kier alpha value is -0.120. The van der Waals surface area contributed by atoms with Crippen LogP contribution in [0.4, 0.5) is 0 Å². The van der Waals surface area contributed by atoms with Crippen molar-refractivity contribution in [2.45, 2.75) is 45.4 Å². The maximum Gasteiger partial charge on any atom is 0.105 e. The van der Waals surface area contributed by atoms with Crippen LogP contribution >= 0.6 is 0 Å². The molecule has 0 saturated carbocycles. The number of rotatable bonds is 6. The lowest BCUT2D eigenvalue weighted by molar-refractivity contribution is -0.156. The van der Waals surface area contributed by atoms with E-state index in [0.717, 1.165) is 26.2 Å². The third-order valence-electron chi connectivity index (χ3n) is 2.49. The molecular weight excluding hydrogens is 166 g/mol. The molecule has 2 atom stereocenters. The molecule has 1 rings (SSSR count). The number of nitrogens with one attached hydrogen (secondary N) is 1. The van der Waals surface area contributed by atoms with Crippen LogP contribution in [0.15, 0.2) is 0 Å². The topological polar surface area (TPSA) is 30.5 Å². The minimum atomic E-state index is 0.291. The molecule has 0 amide bonds. The quantitative estimate of drug-likeness (QED) is 0.677. The second-order valence-corrected chi connectivity index (χ2v) is 3.57. The van der Waals surface area contributed by atoms with E-state index in [1.54, 1.807) is 0 Å². The van der Waals surface area contributed by atoms with Gasteiger partial charge in [-0.1, -0.05) is 13.8 Å². The highest BCUT2D eigenvalue weighted by Gasteiger charge is 2.24. The molecule has 0 radical (unpaired) electrons. The van der Waals surface area contributed by atoms with Gasteiger partial charge in [0.25, 0.3) is 0 Å². The van der Waals surface area contributed by atoms with Gasteiger partial charge in [0.15, 0.2) is 0 Å². The fourth-order valence-electron chi connectivity index (χ4n) is 1.60. The highest BCUT2D eigenvalue weighted by atomic mass is 16.6. The summed E-state index contributed by atoms with van der Waals surface area (Å²) in [5.74, 6) is 0. The summed E-state index contributed by atoms with van der Waals surface area (Å²) < 4.78 is 10.9. The van der Waals surface area contributed by atoms with E-state index in [0.29, 0.717) is 18.2 Å². The van der Waals surface area contributed by atoms with Crippen molar-refractivity contribution in [2.24, 2.45) is 0 Å². The maximum atomic E-state index is 5.80. The Kier molecular flexibility index (Phi) is 4.70. The Bertz CT molecular complexity index is 137. The standard InChI is InChI=1S/C10H21NO2/c1-4-10(11-5-2)8(3)13-9-6-12-7-9/h8-11H,4-7H2,1-3H3. The van der Waals surface area contributed by atoms with Crippen LogP contribution in [0, 0.1) is 0 Å². The summed E-state index contributed by atoms with van der Waals surface area (Å²) >= 11 is 0.